The van der Waals surface area contributed by atoms with Gasteiger partial charge in [0.25, 0.3) is 0 Å². The monoisotopic (exact) mass is 266 g/mol. The largest absolute Gasteiger partial charge is 0.508 e. The Kier molecular flexibility index (Phi) is 4.55. The molecule has 0 unspecified atom stereocenters. The Bertz CT molecular complexity index is 467. The molecule has 0 atom stereocenters. The zero-order chi connectivity index (χ0) is 12.8. The summed E-state index contributed by atoms with van der Waals surface area (Å²) in [5, 5.41) is 20.1. The first-order chi connectivity index (χ1) is 8.77. The predicted molar refractivity (Wildman–Crippen MR) is 69.5 cm³/mol. The SMILES string of the molecule is Oc1cccc(Cl)c1CNCCCc1ncn[nH]1. The first-order valence-electron chi connectivity index (χ1n) is 5.78. The van der Waals surface area contributed by atoms with Gasteiger partial charge in [-0.2, -0.15) is 5.10 Å². The van der Waals surface area contributed by atoms with Crippen LogP contribution in [-0.4, -0.2) is 26.8 Å². The number of nitrogens with zero attached hydrogens (tertiary/aromatic N) is 2. The molecule has 6 heteroatoms. The first kappa shape index (κ1) is 12.9. The Hall–Kier alpha value is -1.59. The summed E-state index contributed by atoms with van der Waals surface area (Å²) in [5.74, 6) is 1.11. The van der Waals surface area contributed by atoms with E-state index < -0.39 is 0 Å². The summed E-state index contributed by atoms with van der Waals surface area (Å²) in [6, 6.07) is 5.13. The predicted octanol–water partition coefficient (Wildman–Crippen LogP) is 1.89. The van der Waals surface area contributed by atoms with Crippen molar-refractivity contribution >= 4 is 11.6 Å². The molecular formula is C12H15ClN4O. The second kappa shape index (κ2) is 6.37. The minimum absolute atomic E-state index is 0.227. The molecule has 3 N–H and O–H groups in total. The number of phenolic OH excluding ortho intramolecular Hbond substituents is 1. The highest BCUT2D eigenvalue weighted by atomic mass is 35.5. The van der Waals surface area contributed by atoms with Crippen molar-refractivity contribution in [3.8, 4) is 5.75 Å². The molecule has 5 nitrogen and oxygen atoms in total. The second-order valence-corrected chi connectivity index (χ2v) is 4.36. The van der Waals surface area contributed by atoms with E-state index in [-0.39, 0.29) is 5.75 Å². The minimum atomic E-state index is 0.227. The molecule has 0 radical (unpaired) electrons. The molecule has 2 rings (SSSR count). The van der Waals surface area contributed by atoms with E-state index in [4.69, 9.17) is 11.6 Å². The van der Waals surface area contributed by atoms with Gasteiger partial charge in [0.15, 0.2) is 0 Å². The number of aromatic amines is 1. The third-order valence-electron chi connectivity index (χ3n) is 2.63. The van der Waals surface area contributed by atoms with Crippen molar-refractivity contribution in [2.24, 2.45) is 0 Å². The van der Waals surface area contributed by atoms with E-state index in [1.165, 1.54) is 6.33 Å². The van der Waals surface area contributed by atoms with Crippen LogP contribution in [0.4, 0.5) is 0 Å². The number of phenols is 1. The van der Waals surface area contributed by atoms with Crippen LogP contribution >= 0.6 is 11.6 Å². The number of hydrogen-bond donors (Lipinski definition) is 3. The average Bonchev–Trinajstić information content (AvgIpc) is 2.85. The van der Waals surface area contributed by atoms with Crippen LogP contribution in [0.3, 0.4) is 0 Å². The van der Waals surface area contributed by atoms with Gasteiger partial charge in [-0.05, 0) is 25.1 Å². The fourth-order valence-electron chi connectivity index (χ4n) is 1.67. The molecule has 2 aromatic rings. The van der Waals surface area contributed by atoms with Crippen molar-refractivity contribution in [1.82, 2.24) is 20.5 Å². The van der Waals surface area contributed by atoms with Crippen LogP contribution in [0.2, 0.25) is 5.02 Å². The first-order valence-corrected chi connectivity index (χ1v) is 6.16. The topological polar surface area (TPSA) is 73.8 Å². The van der Waals surface area contributed by atoms with E-state index in [9.17, 15) is 5.11 Å². The zero-order valence-corrected chi connectivity index (χ0v) is 10.6. The Morgan fingerprint density at radius 1 is 1.39 bits per heavy atom. The minimum Gasteiger partial charge on any atom is -0.508 e. The van der Waals surface area contributed by atoms with E-state index in [1.54, 1.807) is 18.2 Å². The van der Waals surface area contributed by atoms with Gasteiger partial charge in [0.05, 0.1) is 0 Å². The number of rotatable bonds is 6. The van der Waals surface area contributed by atoms with Crippen molar-refractivity contribution in [3.05, 3.63) is 40.9 Å². The van der Waals surface area contributed by atoms with Crippen molar-refractivity contribution < 1.29 is 5.11 Å². The third-order valence-corrected chi connectivity index (χ3v) is 2.98. The van der Waals surface area contributed by atoms with Crippen LogP contribution in [0.25, 0.3) is 0 Å². The molecule has 0 saturated carbocycles. The fraction of sp³-hybridized carbons (Fsp3) is 0.333. The van der Waals surface area contributed by atoms with Gasteiger partial charge in [0, 0.05) is 23.6 Å². The Balaban J connectivity index is 1.72. The number of aromatic nitrogens is 3. The van der Waals surface area contributed by atoms with E-state index in [2.05, 4.69) is 20.5 Å². The van der Waals surface area contributed by atoms with Crippen LogP contribution in [0, 0.1) is 0 Å². The molecule has 1 aromatic heterocycles. The summed E-state index contributed by atoms with van der Waals surface area (Å²) in [5.41, 5.74) is 0.735. The van der Waals surface area contributed by atoms with Crippen molar-refractivity contribution in [2.75, 3.05) is 6.54 Å². The maximum absolute atomic E-state index is 9.65. The Labute approximate surface area is 110 Å². The number of halogens is 1. The molecule has 0 saturated heterocycles. The molecule has 96 valence electrons. The normalized spacial score (nSPS) is 10.7. The highest BCUT2D eigenvalue weighted by Crippen LogP contribution is 2.24. The van der Waals surface area contributed by atoms with Crippen LogP contribution in [0.15, 0.2) is 24.5 Å². The molecule has 0 spiro atoms. The quantitative estimate of drug-likeness (QED) is 0.698. The van der Waals surface area contributed by atoms with Crippen LogP contribution in [-0.2, 0) is 13.0 Å². The van der Waals surface area contributed by atoms with Crippen LogP contribution in [0.5, 0.6) is 5.75 Å². The van der Waals surface area contributed by atoms with Gasteiger partial charge < -0.3 is 10.4 Å². The standard InChI is InChI=1S/C12H15ClN4O/c13-10-3-1-4-11(18)9(10)7-14-6-2-5-12-15-8-16-17-12/h1,3-4,8,14,18H,2,5-7H2,(H,15,16,17). The molecule has 0 amide bonds. The van der Waals surface area contributed by atoms with Crippen molar-refractivity contribution in [3.63, 3.8) is 0 Å². The van der Waals surface area contributed by atoms with Gasteiger partial charge in [0.1, 0.15) is 17.9 Å². The highest BCUT2D eigenvalue weighted by molar-refractivity contribution is 6.31. The lowest BCUT2D eigenvalue weighted by Crippen LogP contribution is -2.16. The lowest BCUT2D eigenvalue weighted by atomic mass is 10.2. The zero-order valence-electron chi connectivity index (χ0n) is 9.86. The van der Waals surface area contributed by atoms with E-state index in [0.29, 0.717) is 11.6 Å². The molecule has 0 aliphatic carbocycles. The van der Waals surface area contributed by atoms with Gasteiger partial charge in [-0.15, -0.1) is 0 Å². The molecule has 0 aliphatic heterocycles. The molecule has 18 heavy (non-hydrogen) atoms. The second-order valence-electron chi connectivity index (χ2n) is 3.95. The third kappa shape index (κ3) is 3.45. The maximum atomic E-state index is 9.65. The van der Waals surface area contributed by atoms with Gasteiger partial charge in [-0.3, -0.25) is 5.10 Å². The lowest BCUT2D eigenvalue weighted by molar-refractivity contribution is 0.464. The summed E-state index contributed by atoms with van der Waals surface area (Å²) in [6.07, 6.45) is 3.30. The number of H-pyrrole nitrogens is 1. The number of benzene rings is 1. The summed E-state index contributed by atoms with van der Waals surface area (Å²) >= 11 is 6.00. The van der Waals surface area contributed by atoms with E-state index in [1.807, 2.05) is 0 Å². The van der Waals surface area contributed by atoms with Gasteiger partial charge in [-0.1, -0.05) is 17.7 Å². The van der Waals surface area contributed by atoms with Crippen molar-refractivity contribution in [1.29, 1.82) is 0 Å². The van der Waals surface area contributed by atoms with E-state index >= 15 is 0 Å². The highest BCUT2D eigenvalue weighted by Gasteiger charge is 2.05. The maximum Gasteiger partial charge on any atom is 0.137 e. The van der Waals surface area contributed by atoms with Gasteiger partial charge in [0.2, 0.25) is 0 Å². The molecule has 0 bridgehead atoms. The summed E-state index contributed by atoms with van der Waals surface area (Å²) < 4.78 is 0. The summed E-state index contributed by atoms with van der Waals surface area (Å²) in [4.78, 5) is 4.04. The van der Waals surface area contributed by atoms with Crippen LogP contribution in [0.1, 0.15) is 17.8 Å². The molecule has 0 fully saturated rings. The fourth-order valence-corrected chi connectivity index (χ4v) is 1.90. The molecule has 1 heterocycles. The number of hydrogen-bond acceptors (Lipinski definition) is 4. The molecule has 1 aromatic carbocycles. The van der Waals surface area contributed by atoms with Crippen molar-refractivity contribution in [2.45, 2.75) is 19.4 Å². The van der Waals surface area contributed by atoms with E-state index in [0.717, 1.165) is 30.8 Å². The number of aryl methyl sites for hydroxylation is 1. The number of nitrogens with one attached hydrogen (secondary N) is 2. The Morgan fingerprint density at radius 3 is 3.00 bits per heavy atom. The average molecular weight is 267 g/mol. The summed E-state index contributed by atoms with van der Waals surface area (Å²) in [6.45, 7) is 1.38. The molecule has 0 aliphatic rings. The summed E-state index contributed by atoms with van der Waals surface area (Å²) in [7, 11) is 0. The van der Waals surface area contributed by atoms with Gasteiger partial charge in [-0.25, -0.2) is 4.98 Å². The molecular weight excluding hydrogens is 252 g/mol. The lowest BCUT2D eigenvalue weighted by Gasteiger charge is -2.08. The number of aromatic hydroxyl groups is 1. The van der Waals surface area contributed by atoms with Crippen LogP contribution < -0.4 is 5.32 Å². The van der Waals surface area contributed by atoms with Gasteiger partial charge >= 0.3 is 0 Å². The smallest absolute Gasteiger partial charge is 0.137 e. The Morgan fingerprint density at radius 2 is 2.28 bits per heavy atom.